The van der Waals surface area contributed by atoms with Gasteiger partial charge in [0.25, 0.3) is 0 Å². The molecule has 1 saturated heterocycles. The van der Waals surface area contributed by atoms with Crippen molar-refractivity contribution in [2.24, 2.45) is 0 Å². The van der Waals surface area contributed by atoms with Crippen LogP contribution in [0.3, 0.4) is 0 Å². The average molecular weight is 199 g/mol. The Labute approximate surface area is 85.8 Å². The van der Waals surface area contributed by atoms with E-state index < -0.39 is 5.60 Å². The van der Waals surface area contributed by atoms with Crippen molar-refractivity contribution in [1.29, 1.82) is 0 Å². The second-order valence-corrected chi connectivity index (χ2v) is 4.73. The highest BCUT2D eigenvalue weighted by atomic mass is 16.5. The highest BCUT2D eigenvalue weighted by Crippen LogP contribution is 2.26. The number of hydrogen-bond acceptors (Lipinski definition) is 3. The van der Waals surface area contributed by atoms with Crippen LogP contribution in [0.15, 0.2) is 0 Å². The third-order valence-corrected chi connectivity index (χ3v) is 3.71. The minimum atomic E-state index is -0.622. The van der Waals surface area contributed by atoms with Gasteiger partial charge in [-0.2, -0.15) is 0 Å². The minimum Gasteiger partial charge on any atom is -0.386 e. The first kappa shape index (κ1) is 10.4. The molecule has 2 unspecified atom stereocenters. The average Bonchev–Trinajstić information content (AvgIpc) is 2.75. The number of aliphatic hydroxyl groups is 1. The van der Waals surface area contributed by atoms with Crippen molar-refractivity contribution in [1.82, 2.24) is 5.32 Å². The quantitative estimate of drug-likeness (QED) is 0.714. The maximum atomic E-state index is 10.2. The van der Waals surface area contributed by atoms with Crippen LogP contribution in [0.5, 0.6) is 0 Å². The van der Waals surface area contributed by atoms with Crippen LogP contribution in [0.25, 0.3) is 0 Å². The predicted octanol–water partition coefficient (Wildman–Crippen LogP) is 1.06. The number of ether oxygens (including phenoxy) is 1. The summed E-state index contributed by atoms with van der Waals surface area (Å²) in [4.78, 5) is 0. The molecule has 14 heavy (non-hydrogen) atoms. The van der Waals surface area contributed by atoms with Crippen molar-refractivity contribution in [3.8, 4) is 0 Å². The summed E-state index contributed by atoms with van der Waals surface area (Å²) in [6.07, 6.45) is 5.96. The van der Waals surface area contributed by atoms with Crippen LogP contribution >= 0.6 is 0 Å². The molecule has 3 nitrogen and oxygen atoms in total. The van der Waals surface area contributed by atoms with E-state index in [0.29, 0.717) is 19.2 Å². The van der Waals surface area contributed by atoms with Gasteiger partial charge in [-0.25, -0.2) is 0 Å². The van der Waals surface area contributed by atoms with Crippen molar-refractivity contribution in [2.75, 3.05) is 13.2 Å². The summed E-state index contributed by atoms with van der Waals surface area (Å²) >= 11 is 0. The predicted molar refractivity (Wildman–Crippen MR) is 55.2 cm³/mol. The van der Waals surface area contributed by atoms with Gasteiger partial charge in [0.1, 0.15) is 5.60 Å². The molecule has 0 bridgehead atoms. The van der Waals surface area contributed by atoms with Crippen LogP contribution < -0.4 is 5.32 Å². The Morgan fingerprint density at radius 2 is 2.14 bits per heavy atom. The van der Waals surface area contributed by atoms with E-state index >= 15 is 0 Å². The summed E-state index contributed by atoms with van der Waals surface area (Å²) < 4.78 is 5.39. The maximum absolute atomic E-state index is 10.2. The summed E-state index contributed by atoms with van der Waals surface area (Å²) in [5.74, 6) is 0. The fourth-order valence-electron chi connectivity index (χ4n) is 2.45. The Balaban J connectivity index is 1.78. The molecule has 0 aromatic rings. The molecule has 2 rings (SSSR count). The van der Waals surface area contributed by atoms with E-state index in [1.807, 2.05) is 6.92 Å². The van der Waals surface area contributed by atoms with Crippen LogP contribution in [0, 0.1) is 0 Å². The smallest absolute Gasteiger partial charge is 0.105 e. The molecule has 0 aromatic carbocycles. The summed E-state index contributed by atoms with van der Waals surface area (Å²) in [6.45, 7) is 3.35. The SMILES string of the molecule is CC1OCCC1(O)CNC1CCCC1. The Kier molecular flexibility index (Phi) is 3.10. The van der Waals surface area contributed by atoms with E-state index in [9.17, 15) is 5.11 Å². The number of nitrogens with one attached hydrogen (secondary N) is 1. The van der Waals surface area contributed by atoms with Crippen molar-refractivity contribution < 1.29 is 9.84 Å². The second kappa shape index (κ2) is 4.17. The van der Waals surface area contributed by atoms with Crippen molar-refractivity contribution in [3.63, 3.8) is 0 Å². The fourth-order valence-corrected chi connectivity index (χ4v) is 2.45. The van der Waals surface area contributed by atoms with E-state index in [1.165, 1.54) is 25.7 Å². The third kappa shape index (κ3) is 2.10. The summed E-state index contributed by atoms with van der Waals surface area (Å²) in [7, 11) is 0. The van der Waals surface area contributed by atoms with Gasteiger partial charge in [-0.1, -0.05) is 12.8 Å². The molecule has 1 heterocycles. The molecule has 2 N–H and O–H groups in total. The van der Waals surface area contributed by atoms with Gasteiger partial charge in [0.2, 0.25) is 0 Å². The summed E-state index contributed by atoms with van der Waals surface area (Å²) in [5, 5.41) is 13.7. The van der Waals surface area contributed by atoms with Gasteiger partial charge >= 0.3 is 0 Å². The van der Waals surface area contributed by atoms with Crippen LogP contribution in [0.1, 0.15) is 39.0 Å². The zero-order valence-electron chi connectivity index (χ0n) is 8.96. The van der Waals surface area contributed by atoms with E-state index in [2.05, 4.69) is 5.32 Å². The largest absolute Gasteiger partial charge is 0.386 e. The normalized spacial score (nSPS) is 39.4. The van der Waals surface area contributed by atoms with Crippen LogP contribution in [0.4, 0.5) is 0 Å². The molecule has 1 saturated carbocycles. The first-order valence-electron chi connectivity index (χ1n) is 5.78. The first-order chi connectivity index (χ1) is 6.71. The lowest BCUT2D eigenvalue weighted by molar-refractivity contribution is -0.0275. The van der Waals surface area contributed by atoms with Crippen LogP contribution in [0.2, 0.25) is 0 Å². The van der Waals surface area contributed by atoms with Gasteiger partial charge < -0.3 is 15.2 Å². The molecular weight excluding hydrogens is 178 g/mol. The lowest BCUT2D eigenvalue weighted by atomic mass is 9.96. The highest BCUT2D eigenvalue weighted by Gasteiger charge is 2.39. The van der Waals surface area contributed by atoms with Crippen LogP contribution in [-0.4, -0.2) is 36.0 Å². The molecule has 2 atom stereocenters. The van der Waals surface area contributed by atoms with Crippen molar-refractivity contribution >= 4 is 0 Å². The summed E-state index contributed by atoms with van der Waals surface area (Å²) in [6, 6.07) is 0.631. The lowest BCUT2D eigenvalue weighted by Crippen LogP contribution is -2.48. The van der Waals surface area contributed by atoms with E-state index in [0.717, 1.165) is 6.42 Å². The minimum absolute atomic E-state index is 0.0172. The number of hydrogen-bond donors (Lipinski definition) is 2. The maximum Gasteiger partial charge on any atom is 0.105 e. The zero-order chi connectivity index (χ0) is 10.0. The molecule has 0 amide bonds. The molecule has 2 fully saturated rings. The zero-order valence-corrected chi connectivity index (χ0v) is 8.96. The fraction of sp³-hybridized carbons (Fsp3) is 1.00. The van der Waals surface area contributed by atoms with E-state index in [-0.39, 0.29) is 6.10 Å². The van der Waals surface area contributed by atoms with Crippen molar-refractivity contribution in [3.05, 3.63) is 0 Å². The molecule has 2 aliphatic rings. The third-order valence-electron chi connectivity index (χ3n) is 3.71. The molecule has 1 aliphatic heterocycles. The van der Waals surface area contributed by atoms with E-state index in [4.69, 9.17) is 4.74 Å². The topological polar surface area (TPSA) is 41.5 Å². The van der Waals surface area contributed by atoms with E-state index in [1.54, 1.807) is 0 Å². The lowest BCUT2D eigenvalue weighted by Gasteiger charge is -2.28. The second-order valence-electron chi connectivity index (χ2n) is 4.73. The van der Waals surface area contributed by atoms with Gasteiger partial charge in [-0.15, -0.1) is 0 Å². The highest BCUT2D eigenvalue weighted by molar-refractivity contribution is 4.92. The Bertz CT molecular complexity index is 192. The van der Waals surface area contributed by atoms with Gasteiger partial charge in [0, 0.05) is 25.6 Å². The standard InChI is InChI=1S/C11H21NO2/c1-9-11(13,6-7-14-9)8-12-10-4-2-3-5-10/h9-10,12-13H,2-8H2,1H3. The molecule has 82 valence electrons. The molecule has 0 aromatic heterocycles. The number of rotatable bonds is 3. The Hall–Kier alpha value is -0.120. The molecule has 0 radical (unpaired) electrons. The molecule has 3 heteroatoms. The molecular formula is C11H21NO2. The van der Waals surface area contributed by atoms with Gasteiger partial charge in [-0.3, -0.25) is 0 Å². The monoisotopic (exact) mass is 199 g/mol. The van der Waals surface area contributed by atoms with Crippen LogP contribution in [-0.2, 0) is 4.74 Å². The summed E-state index contributed by atoms with van der Waals surface area (Å²) in [5.41, 5.74) is -0.622. The molecule has 1 aliphatic carbocycles. The Morgan fingerprint density at radius 1 is 1.43 bits per heavy atom. The van der Waals surface area contributed by atoms with Gasteiger partial charge in [0.05, 0.1) is 6.10 Å². The Morgan fingerprint density at radius 3 is 2.71 bits per heavy atom. The van der Waals surface area contributed by atoms with Gasteiger partial charge in [0.15, 0.2) is 0 Å². The molecule has 0 spiro atoms. The van der Waals surface area contributed by atoms with Crippen molar-refractivity contribution in [2.45, 2.75) is 56.8 Å². The first-order valence-corrected chi connectivity index (χ1v) is 5.78. The van der Waals surface area contributed by atoms with Gasteiger partial charge in [-0.05, 0) is 19.8 Å².